The molecular formula is C22H22N4O4. The Kier molecular flexibility index (Phi) is 6.59. The van der Waals surface area contributed by atoms with Gasteiger partial charge in [-0.15, -0.1) is 0 Å². The van der Waals surface area contributed by atoms with E-state index in [9.17, 15) is 9.59 Å². The maximum atomic E-state index is 12.4. The molecule has 1 aromatic heterocycles. The summed E-state index contributed by atoms with van der Waals surface area (Å²) in [5, 5.41) is 5.96. The normalized spacial score (nSPS) is 10.2. The van der Waals surface area contributed by atoms with Crippen molar-refractivity contribution in [2.24, 2.45) is 0 Å². The molecule has 30 heavy (non-hydrogen) atoms. The third-order valence-corrected chi connectivity index (χ3v) is 3.96. The molecule has 0 aliphatic heterocycles. The summed E-state index contributed by atoms with van der Waals surface area (Å²) in [7, 11) is 0. The van der Waals surface area contributed by atoms with Gasteiger partial charge in [-0.3, -0.25) is 4.79 Å². The van der Waals surface area contributed by atoms with Crippen molar-refractivity contribution in [2.75, 3.05) is 17.2 Å². The van der Waals surface area contributed by atoms with Crippen molar-refractivity contribution in [1.82, 2.24) is 9.97 Å². The number of hydrogen-bond donors (Lipinski definition) is 2. The largest absolute Gasteiger partial charge is 0.513 e. The molecule has 0 saturated heterocycles. The third kappa shape index (κ3) is 5.78. The number of nitrogens with one attached hydrogen (secondary N) is 2. The minimum absolute atomic E-state index is 0.227. The van der Waals surface area contributed by atoms with Crippen molar-refractivity contribution >= 4 is 29.4 Å². The highest BCUT2D eigenvalue weighted by atomic mass is 16.7. The topological polar surface area (TPSA) is 102 Å². The van der Waals surface area contributed by atoms with E-state index < -0.39 is 6.16 Å². The lowest BCUT2D eigenvalue weighted by molar-refractivity contribution is 0.102. The van der Waals surface area contributed by atoms with E-state index in [1.165, 1.54) is 12.1 Å². The lowest BCUT2D eigenvalue weighted by Crippen LogP contribution is -2.12. The molecule has 0 atom stereocenters. The molecule has 8 heteroatoms. The Bertz CT molecular complexity index is 1010. The molecule has 0 radical (unpaired) electrons. The number of hydrogen-bond acceptors (Lipinski definition) is 7. The molecule has 0 spiro atoms. The van der Waals surface area contributed by atoms with E-state index in [0.29, 0.717) is 22.9 Å². The van der Waals surface area contributed by atoms with Crippen molar-refractivity contribution in [1.29, 1.82) is 0 Å². The van der Waals surface area contributed by atoms with Crippen LogP contribution in [-0.4, -0.2) is 28.6 Å². The second-order valence-corrected chi connectivity index (χ2v) is 6.44. The second-order valence-electron chi connectivity index (χ2n) is 6.44. The van der Waals surface area contributed by atoms with Crippen LogP contribution in [0.4, 0.5) is 22.1 Å². The van der Waals surface area contributed by atoms with Crippen LogP contribution in [0.3, 0.4) is 0 Å². The zero-order valence-corrected chi connectivity index (χ0v) is 16.9. The number of amides is 1. The predicted octanol–water partition coefficient (Wildman–Crippen LogP) is 4.62. The first-order valence-electron chi connectivity index (χ1n) is 9.38. The number of anilines is 3. The molecule has 0 aliphatic rings. The summed E-state index contributed by atoms with van der Waals surface area (Å²) in [6, 6.07) is 15.3. The van der Waals surface area contributed by atoms with Crippen molar-refractivity contribution in [3.63, 3.8) is 0 Å². The van der Waals surface area contributed by atoms with Crippen LogP contribution in [0.2, 0.25) is 0 Å². The molecule has 1 heterocycles. The molecule has 1 amide bonds. The van der Waals surface area contributed by atoms with E-state index in [2.05, 4.69) is 20.6 Å². The Balaban J connectivity index is 1.59. The van der Waals surface area contributed by atoms with Crippen LogP contribution in [0, 0.1) is 13.8 Å². The SMILES string of the molecule is CCOC(=O)Oc1ccc(C(=O)Nc2ccc(Nc3nc(C)cc(C)n3)cc2)cc1. The van der Waals surface area contributed by atoms with Crippen molar-refractivity contribution in [2.45, 2.75) is 20.8 Å². The highest BCUT2D eigenvalue weighted by Gasteiger charge is 2.09. The Labute approximate surface area is 174 Å². The van der Waals surface area contributed by atoms with Gasteiger partial charge in [-0.2, -0.15) is 0 Å². The van der Waals surface area contributed by atoms with Gasteiger partial charge in [-0.1, -0.05) is 0 Å². The summed E-state index contributed by atoms with van der Waals surface area (Å²) in [6.07, 6.45) is -0.783. The number of carbonyl (C=O) groups is 2. The van der Waals surface area contributed by atoms with Crippen molar-refractivity contribution < 1.29 is 19.1 Å². The third-order valence-electron chi connectivity index (χ3n) is 3.96. The number of aromatic nitrogens is 2. The molecule has 2 aromatic carbocycles. The summed E-state index contributed by atoms with van der Waals surface area (Å²) in [4.78, 5) is 32.4. The molecule has 0 aliphatic carbocycles. The number of benzene rings is 2. The Morgan fingerprint density at radius 2 is 1.50 bits per heavy atom. The number of carbonyl (C=O) groups excluding carboxylic acids is 2. The Hall–Kier alpha value is -3.94. The number of ether oxygens (including phenoxy) is 2. The summed E-state index contributed by atoms with van der Waals surface area (Å²) in [5.74, 6) is 0.541. The molecule has 0 unspecified atom stereocenters. The average molecular weight is 406 g/mol. The van der Waals surface area contributed by atoms with E-state index >= 15 is 0 Å². The van der Waals surface area contributed by atoms with Gasteiger partial charge in [0.1, 0.15) is 5.75 Å². The van der Waals surface area contributed by atoms with Crippen LogP contribution in [0.1, 0.15) is 28.7 Å². The molecule has 3 rings (SSSR count). The highest BCUT2D eigenvalue weighted by molar-refractivity contribution is 6.04. The number of rotatable bonds is 6. The lowest BCUT2D eigenvalue weighted by atomic mass is 10.2. The van der Waals surface area contributed by atoms with Gasteiger partial charge in [0.05, 0.1) is 6.61 Å². The van der Waals surface area contributed by atoms with Crippen LogP contribution in [0.15, 0.2) is 54.6 Å². The first-order chi connectivity index (χ1) is 14.4. The summed E-state index contributed by atoms with van der Waals surface area (Å²) in [6.45, 7) is 5.74. The Morgan fingerprint density at radius 1 is 0.900 bits per heavy atom. The smallest absolute Gasteiger partial charge is 0.434 e. The van der Waals surface area contributed by atoms with Crippen molar-refractivity contribution in [3.8, 4) is 5.75 Å². The molecule has 8 nitrogen and oxygen atoms in total. The van der Waals surface area contributed by atoms with Gasteiger partial charge in [0.2, 0.25) is 5.95 Å². The summed E-state index contributed by atoms with van der Waals surface area (Å²) in [5.41, 5.74) is 3.63. The molecule has 3 aromatic rings. The van der Waals surface area contributed by atoms with Gasteiger partial charge in [0, 0.05) is 28.3 Å². The quantitative estimate of drug-likeness (QED) is 0.455. The average Bonchev–Trinajstić information content (AvgIpc) is 2.69. The molecule has 0 fully saturated rings. The highest BCUT2D eigenvalue weighted by Crippen LogP contribution is 2.19. The fourth-order valence-electron chi connectivity index (χ4n) is 2.67. The first kappa shape index (κ1) is 20.8. The lowest BCUT2D eigenvalue weighted by Gasteiger charge is -2.09. The van der Waals surface area contributed by atoms with Gasteiger partial charge < -0.3 is 20.1 Å². The maximum absolute atomic E-state index is 12.4. The van der Waals surface area contributed by atoms with Gasteiger partial charge in [0.25, 0.3) is 5.91 Å². The zero-order valence-electron chi connectivity index (χ0n) is 16.9. The molecular weight excluding hydrogens is 384 g/mol. The van der Waals surface area contributed by atoms with E-state index in [4.69, 9.17) is 9.47 Å². The molecule has 0 saturated carbocycles. The van der Waals surface area contributed by atoms with Gasteiger partial charge in [0.15, 0.2) is 0 Å². The van der Waals surface area contributed by atoms with Gasteiger partial charge in [-0.25, -0.2) is 14.8 Å². The number of aryl methyl sites for hydroxylation is 2. The fraction of sp³-hybridized carbons (Fsp3) is 0.182. The minimum Gasteiger partial charge on any atom is -0.434 e. The summed E-state index contributed by atoms with van der Waals surface area (Å²) < 4.78 is 9.68. The molecule has 2 N–H and O–H groups in total. The zero-order chi connectivity index (χ0) is 21.5. The van der Waals surface area contributed by atoms with Crippen LogP contribution in [0.25, 0.3) is 0 Å². The van der Waals surface area contributed by atoms with Crippen LogP contribution in [-0.2, 0) is 4.74 Å². The number of nitrogens with zero attached hydrogens (tertiary/aromatic N) is 2. The van der Waals surface area contributed by atoms with E-state index in [0.717, 1.165) is 17.1 Å². The van der Waals surface area contributed by atoms with Crippen LogP contribution in [0.5, 0.6) is 5.75 Å². The monoisotopic (exact) mass is 406 g/mol. The van der Waals surface area contributed by atoms with E-state index in [1.807, 2.05) is 32.0 Å². The van der Waals surface area contributed by atoms with E-state index in [-0.39, 0.29) is 12.5 Å². The predicted molar refractivity (Wildman–Crippen MR) is 113 cm³/mol. The van der Waals surface area contributed by atoms with Crippen LogP contribution >= 0.6 is 0 Å². The van der Waals surface area contributed by atoms with E-state index in [1.54, 1.807) is 31.2 Å². The minimum atomic E-state index is -0.783. The maximum Gasteiger partial charge on any atom is 0.513 e. The summed E-state index contributed by atoms with van der Waals surface area (Å²) >= 11 is 0. The first-order valence-corrected chi connectivity index (χ1v) is 9.38. The fourth-order valence-corrected chi connectivity index (χ4v) is 2.67. The van der Waals surface area contributed by atoms with Gasteiger partial charge >= 0.3 is 6.16 Å². The molecule has 154 valence electrons. The Morgan fingerprint density at radius 3 is 2.10 bits per heavy atom. The van der Waals surface area contributed by atoms with Crippen molar-refractivity contribution in [3.05, 3.63) is 71.5 Å². The second kappa shape index (κ2) is 9.51. The van der Waals surface area contributed by atoms with Crippen LogP contribution < -0.4 is 15.4 Å². The molecule has 0 bridgehead atoms. The standard InChI is InChI=1S/C22H22N4O4/c1-4-29-22(28)30-19-11-5-16(6-12-19)20(27)25-17-7-9-18(10-8-17)26-21-23-14(2)13-15(3)24-21/h5-13H,4H2,1-3H3,(H,25,27)(H,23,24,26). The van der Waals surface area contributed by atoms with Gasteiger partial charge in [-0.05, 0) is 75.4 Å².